The second-order valence-electron chi connectivity index (χ2n) is 3.22. The van der Waals surface area contributed by atoms with Crippen LogP contribution < -0.4 is 5.73 Å². The van der Waals surface area contributed by atoms with Crippen LogP contribution in [0.25, 0.3) is 0 Å². The van der Waals surface area contributed by atoms with Crippen LogP contribution in [0.15, 0.2) is 18.6 Å². The van der Waals surface area contributed by atoms with Crippen LogP contribution >= 0.6 is 0 Å². The Hall–Kier alpha value is -1.00. The Morgan fingerprint density at radius 2 is 2.33 bits per heavy atom. The van der Waals surface area contributed by atoms with Gasteiger partial charge in [0.15, 0.2) is 0 Å². The SMILES string of the molecule is NC(c1ccncn1)C1(O)CC1. The third-order valence-corrected chi connectivity index (χ3v) is 2.26. The van der Waals surface area contributed by atoms with Crippen LogP contribution in [0.5, 0.6) is 0 Å². The summed E-state index contributed by atoms with van der Waals surface area (Å²) < 4.78 is 0. The molecule has 64 valence electrons. The van der Waals surface area contributed by atoms with Gasteiger partial charge in [0.2, 0.25) is 0 Å². The highest BCUT2D eigenvalue weighted by molar-refractivity contribution is 5.15. The molecule has 1 aromatic heterocycles. The molecular weight excluding hydrogens is 154 g/mol. The zero-order chi connectivity index (χ0) is 8.60. The lowest BCUT2D eigenvalue weighted by Crippen LogP contribution is -2.28. The summed E-state index contributed by atoms with van der Waals surface area (Å²) in [5.74, 6) is 0. The lowest BCUT2D eigenvalue weighted by molar-refractivity contribution is 0.118. The summed E-state index contributed by atoms with van der Waals surface area (Å²) in [5, 5.41) is 9.67. The number of hydrogen-bond donors (Lipinski definition) is 2. The number of rotatable bonds is 2. The average Bonchev–Trinajstić information content (AvgIpc) is 2.85. The highest BCUT2D eigenvalue weighted by atomic mass is 16.3. The molecule has 0 amide bonds. The Labute approximate surface area is 70.5 Å². The molecule has 1 aliphatic carbocycles. The fourth-order valence-corrected chi connectivity index (χ4v) is 1.20. The number of aromatic nitrogens is 2. The maximum atomic E-state index is 9.67. The van der Waals surface area contributed by atoms with Gasteiger partial charge in [0.1, 0.15) is 6.33 Å². The third-order valence-electron chi connectivity index (χ3n) is 2.26. The highest BCUT2D eigenvalue weighted by Gasteiger charge is 2.47. The fraction of sp³-hybridized carbons (Fsp3) is 0.500. The molecule has 1 aromatic rings. The number of aliphatic hydroxyl groups is 1. The summed E-state index contributed by atoms with van der Waals surface area (Å²) >= 11 is 0. The van der Waals surface area contributed by atoms with Gasteiger partial charge in [-0.15, -0.1) is 0 Å². The van der Waals surface area contributed by atoms with Crippen LogP contribution in [-0.4, -0.2) is 20.7 Å². The van der Waals surface area contributed by atoms with Crippen LogP contribution in [0.1, 0.15) is 24.6 Å². The van der Waals surface area contributed by atoms with Crippen molar-refractivity contribution in [2.75, 3.05) is 0 Å². The van der Waals surface area contributed by atoms with E-state index in [1.165, 1.54) is 6.33 Å². The summed E-state index contributed by atoms with van der Waals surface area (Å²) in [6, 6.07) is 1.38. The Kier molecular flexibility index (Phi) is 1.59. The lowest BCUT2D eigenvalue weighted by atomic mass is 10.1. The quantitative estimate of drug-likeness (QED) is 0.647. The molecule has 1 heterocycles. The van der Waals surface area contributed by atoms with E-state index in [0.717, 1.165) is 12.8 Å². The summed E-state index contributed by atoms with van der Waals surface area (Å²) in [6.45, 7) is 0. The minimum absolute atomic E-state index is 0.361. The monoisotopic (exact) mass is 165 g/mol. The number of nitrogens with two attached hydrogens (primary N) is 1. The van der Waals surface area contributed by atoms with Gasteiger partial charge in [-0.1, -0.05) is 0 Å². The molecule has 1 atom stereocenters. The van der Waals surface area contributed by atoms with Crippen molar-refractivity contribution in [3.8, 4) is 0 Å². The summed E-state index contributed by atoms with van der Waals surface area (Å²) in [6.07, 6.45) is 4.63. The van der Waals surface area contributed by atoms with E-state index in [-0.39, 0.29) is 6.04 Å². The van der Waals surface area contributed by atoms with E-state index in [9.17, 15) is 5.11 Å². The van der Waals surface area contributed by atoms with Gasteiger partial charge in [0.25, 0.3) is 0 Å². The maximum Gasteiger partial charge on any atom is 0.115 e. The van der Waals surface area contributed by atoms with Crippen LogP contribution in [0, 0.1) is 0 Å². The van der Waals surface area contributed by atoms with Gasteiger partial charge in [-0.05, 0) is 18.9 Å². The first-order chi connectivity index (χ1) is 5.72. The first-order valence-corrected chi connectivity index (χ1v) is 3.96. The van der Waals surface area contributed by atoms with Crippen LogP contribution in [0.3, 0.4) is 0 Å². The van der Waals surface area contributed by atoms with Gasteiger partial charge in [-0.3, -0.25) is 0 Å². The second-order valence-corrected chi connectivity index (χ2v) is 3.22. The summed E-state index contributed by atoms with van der Waals surface area (Å²) in [7, 11) is 0. The highest BCUT2D eigenvalue weighted by Crippen LogP contribution is 2.43. The minimum atomic E-state index is -0.700. The molecule has 0 bridgehead atoms. The predicted molar refractivity (Wildman–Crippen MR) is 43.1 cm³/mol. The molecule has 12 heavy (non-hydrogen) atoms. The van der Waals surface area contributed by atoms with Gasteiger partial charge in [0, 0.05) is 6.20 Å². The minimum Gasteiger partial charge on any atom is -0.388 e. The van der Waals surface area contributed by atoms with E-state index in [1.54, 1.807) is 12.3 Å². The van der Waals surface area contributed by atoms with E-state index in [2.05, 4.69) is 9.97 Å². The van der Waals surface area contributed by atoms with Gasteiger partial charge in [-0.2, -0.15) is 0 Å². The Balaban J connectivity index is 2.20. The van der Waals surface area contributed by atoms with Crippen molar-refractivity contribution in [3.05, 3.63) is 24.3 Å². The zero-order valence-corrected chi connectivity index (χ0v) is 6.64. The first kappa shape index (κ1) is 7.64. The van der Waals surface area contributed by atoms with E-state index >= 15 is 0 Å². The standard InChI is InChI=1S/C8H11N3O/c9-7(8(12)2-3-8)6-1-4-10-5-11-6/h1,4-5,7,12H,2-3,9H2. The maximum absolute atomic E-state index is 9.67. The van der Waals surface area contributed by atoms with Crippen molar-refractivity contribution in [2.45, 2.75) is 24.5 Å². The molecule has 1 saturated carbocycles. The molecule has 4 heteroatoms. The molecule has 0 saturated heterocycles. The molecule has 2 rings (SSSR count). The van der Waals surface area contributed by atoms with Crippen LogP contribution in [-0.2, 0) is 0 Å². The van der Waals surface area contributed by atoms with Crippen molar-refractivity contribution in [3.63, 3.8) is 0 Å². The van der Waals surface area contributed by atoms with Crippen molar-refractivity contribution in [1.29, 1.82) is 0 Å². The van der Waals surface area contributed by atoms with Crippen molar-refractivity contribution in [2.24, 2.45) is 5.73 Å². The van der Waals surface area contributed by atoms with Crippen molar-refractivity contribution >= 4 is 0 Å². The normalized spacial score (nSPS) is 21.8. The van der Waals surface area contributed by atoms with E-state index in [4.69, 9.17) is 5.73 Å². The molecule has 3 N–H and O–H groups in total. The van der Waals surface area contributed by atoms with E-state index < -0.39 is 5.60 Å². The smallest absolute Gasteiger partial charge is 0.115 e. The van der Waals surface area contributed by atoms with Gasteiger partial charge < -0.3 is 10.8 Å². The summed E-state index contributed by atoms with van der Waals surface area (Å²) in [5.41, 5.74) is 5.81. The molecule has 1 unspecified atom stereocenters. The average molecular weight is 165 g/mol. The van der Waals surface area contributed by atoms with Crippen molar-refractivity contribution < 1.29 is 5.11 Å². The molecule has 1 fully saturated rings. The molecule has 0 aliphatic heterocycles. The molecule has 1 aliphatic rings. The Bertz CT molecular complexity index is 271. The molecule has 0 radical (unpaired) electrons. The predicted octanol–water partition coefficient (Wildman–Crippen LogP) is 0.00130. The van der Waals surface area contributed by atoms with Crippen molar-refractivity contribution in [1.82, 2.24) is 9.97 Å². The largest absolute Gasteiger partial charge is 0.388 e. The van der Waals surface area contributed by atoms with E-state index in [0.29, 0.717) is 5.69 Å². The number of nitrogens with zero attached hydrogens (tertiary/aromatic N) is 2. The molecule has 4 nitrogen and oxygen atoms in total. The first-order valence-electron chi connectivity index (χ1n) is 3.96. The Morgan fingerprint density at radius 3 is 2.83 bits per heavy atom. The second kappa shape index (κ2) is 2.50. The Morgan fingerprint density at radius 1 is 1.58 bits per heavy atom. The van der Waals surface area contributed by atoms with Gasteiger partial charge >= 0.3 is 0 Å². The summed E-state index contributed by atoms with van der Waals surface area (Å²) in [4.78, 5) is 7.77. The van der Waals surface area contributed by atoms with Crippen LogP contribution in [0.4, 0.5) is 0 Å². The van der Waals surface area contributed by atoms with Gasteiger partial charge in [0.05, 0.1) is 17.3 Å². The lowest BCUT2D eigenvalue weighted by Gasteiger charge is -2.16. The molecule has 0 spiro atoms. The number of hydrogen-bond acceptors (Lipinski definition) is 4. The third kappa shape index (κ3) is 1.19. The van der Waals surface area contributed by atoms with Crippen LogP contribution in [0.2, 0.25) is 0 Å². The fourth-order valence-electron chi connectivity index (χ4n) is 1.20. The molecule has 0 aromatic carbocycles. The zero-order valence-electron chi connectivity index (χ0n) is 6.64. The molecular formula is C8H11N3O. The van der Waals surface area contributed by atoms with Gasteiger partial charge in [-0.25, -0.2) is 9.97 Å². The topological polar surface area (TPSA) is 72.0 Å². The van der Waals surface area contributed by atoms with E-state index in [1.807, 2.05) is 0 Å².